The van der Waals surface area contributed by atoms with E-state index in [0.717, 1.165) is 12.6 Å². The summed E-state index contributed by atoms with van der Waals surface area (Å²) in [6, 6.07) is 3.10. The summed E-state index contributed by atoms with van der Waals surface area (Å²) in [5.41, 5.74) is 7.46. The van der Waals surface area contributed by atoms with Crippen molar-refractivity contribution in [3.8, 4) is 0 Å². The average Bonchev–Trinajstić information content (AvgIpc) is 2.85. The Morgan fingerprint density at radius 3 is 2.84 bits per heavy atom. The molecule has 0 amide bonds. The summed E-state index contributed by atoms with van der Waals surface area (Å²) in [6.07, 6.45) is 9.78. The van der Waals surface area contributed by atoms with Crippen molar-refractivity contribution in [2.75, 3.05) is 13.6 Å². The Balaban J connectivity index is 1.86. The van der Waals surface area contributed by atoms with Gasteiger partial charge in [-0.15, -0.1) is 0 Å². The van der Waals surface area contributed by atoms with Crippen molar-refractivity contribution in [3.05, 3.63) is 24.0 Å². The average molecular weight is 263 g/mol. The lowest BCUT2D eigenvalue weighted by Gasteiger charge is -2.32. The molecular weight excluding hydrogens is 234 g/mol. The molecule has 1 saturated heterocycles. The van der Waals surface area contributed by atoms with Crippen LogP contribution in [0.2, 0.25) is 0 Å². The number of nitrogens with zero attached hydrogens (tertiary/aromatic N) is 2. The van der Waals surface area contributed by atoms with E-state index in [2.05, 4.69) is 48.8 Å². The van der Waals surface area contributed by atoms with Gasteiger partial charge in [-0.2, -0.15) is 0 Å². The van der Waals surface area contributed by atoms with E-state index in [1.165, 1.54) is 37.8 Å². The van der Waals surface area contributed by atoms with Gasteiger partial charge in [0.2, 0.25) is 0 Å². The van der Waals surface area contributed by atoms with Crippen molar-refractivity contribution in [2.45, 2.75) is 58.2 Å². The number of piperidine rings is 1. The van der Waals surface area contributed by atoms with E-state index >= 15 is 0 Å². The standard InChI is InChI=1S/C16H29N3/c1-13(2)16(17)14-7-10-19(12-14)11-8-15-6-4-5-9-18(15)3/h7,10,12-13,15-16H,4-6,8-9,11,17H2,1-3H3. The van der Waals surface area contributed by atoms with Gasteiger partial charge in [-0.05, 0) is 50.4 Å². The zero-order valence-corrected chi connectivity index (χ0v) is 12.7. The van der Waals surface area contributed by atoms with Crippen LogP contribution in [-0.2, 0) is 6.54 Å². The summed E-state index contributed by atoms with van der Waals surface area (Å²) in [5.74, 6) is 0.500. The molecule has 1 aliphatic rings. The molecule has 2 N–H and O–H groups in total. The second kappa shape index (κ2) is 6.58. The van der Waals surface area contributed by atoms with Gasteiger partial charge in [0.25, 0.3) is 0 Å². The van der Waals surface area contributed by atoms with Crippen LogP contribution >= 0.6 is 0 Å². The van der Waals surface area contributed by atoms with Crippen LogP contribution in [0, 0.1) is 5.92 Å². The highest BCUT2D eigenvalue weighted by Gasteiger charge is 2.18. The number of aryl methyl sites for hydroxylation is 1. The van der Waals surface area contributed by atoms with Crippen molar-refractivity contribution in [1.82, 2.24) is 9.47 Å². The first kappa shape index (κ1) is 14.6. The lowest BCUT2D eigenvalue weighted by molar-refractivity contribution is 0.171. The van der Waals surface area contributed by atoms with Crippen LogP contribution < -0.4 is 5.73 Å². The number of rotatable bonds is 5. The van der Waals surface area contributed by atoms with Gasteiger partial charge in [0.05, 0.1) is 0 Å². The molecule has 2 atom stereocenters. The van der Waals surface area contributed by atoms with Crippen molar-refractivity contribution in [2.24, 2.45) is 11.7 Å². The van der Waals surface area contributed by atoms with Gasteiger partial charge < -0.3 is 15.2 Å². The van der Waals surface area contributed by atoms with Crippen LogP contribution in [0.25, 0.3) is 0 Å². The normalized spacial score (nSPS) is 22.9. The van der Waals surface area contributed by atoms with E-state index in [1.54, 1.807) is 0 Å². The van der Waals surface area contributed by atoms with Gasteiger partial charge in [0.1, 0.15) is 0 Å². The summed E-state index contributed by atoms with van der Waals surface area (Å²) in [5, 5.41) is 0. The highest BCUT2D eigenvalue weighted by atomic mass is 15.1. The van der Waals surface area contributed by atoms with Crippen molar-refractivity contribution in [3.63, 3.8) is 0 Å². The molecule has 3 heteroatoms. The maximum Gasteiger partial charge on any atom is 0.0333 e. The van der Waals surface area contributed by atoms with Crippen molar-refractivity contribution in [1.29, 1.82) is 0 Å². The predicted octanol–water partition coefficient (Wildman–Crippen LogP) is 3.02. The molecule has 2 unspecified atom stereocenters. The van der Waals surface area contributed by atoms with Gasteiger partial charge in [-0.3, -0.25) is 0 Å². The Hall–Kier alpha value is -0.800. The molecule has 1 aliphatic heterocycles. The smallest absolute Gasteiger partial charge is 0.0333 e. The summed E-state index contributed by atoms with van der Waals surface area (Å²) >= 11 is 0. The van der Waals surface area contributed by atoms with Gasteiger partial charge in [0.15, 0.2) is 0 Å². The number of nitrogens with two attached hydrogens (primary N) is 1. The van der Waals surface area contributed by atoms with Crippen LogP contribution in [-0.4, -0.2) is 29.1 Å². The molecule has 1 aromatic heterocycles. The molecule has 0 aromatic carbocycles. The molecule has 0 bridgehead atoms. The summed E-state index contributed by atoms with van der Waals surface area (Å²) in [7, 11) is 2.26. The number of likely N-dealkylation sites (tertiary alicyclic amines) is 1. The zero-order valence-electron chi connectivity index (χ0n) is 12.7. The topological polar surface area (TPSA) is 34.2 Å². The van der Waals surface area contributed by atoms with Crippen LogP contribution in [0.1, 0.15) is 51.1 Å². The molecule has 3 nitrogen and oxygen atoms in total. The lowest BCUT2D eigenvalue weighted by atomic mass is 10.00. The third-order valence-corrected chi connectivity index (χ3v) is 4.52. The number of hydrogen-bond acceptors (Lipinski definition) is 2. The van der Waals surface area contributed by atoms with Gasteiger partial charge in [-0.1, -0.05) is 20.3 Å². The monoisotopic (exact) mass is 263 g/mol. The maximum atomic E-state index is 6.19. The van der Waals surface area contributed by atoms with E-state index in [0.29, 0.717) is 5.92 Å². The van der Waals surface area contributed by atoms with Crippen LogP contribution in [0.5, 0.6) is 0 Å². The van der Waals surface area contributed by atoms with Crippen LogP contribution in [0.15, 0.2) is 18.5 Å². The van der Waals surface area contributed by atoms with Gasteiger partial charge in [-0.25, -0.2) is 0 Å². The van der Waals surface area contributed by atoms with E-state index in [1.807, 2.05) is 0 Å². The Morgan fingerprint density at radius 1 is 1.37 bits per heavy atom. The first-order valence-corrected chi connectivity index (χ1v) is 7.69. The fourth-order valence-electron chi connectivity index (χ4n) is 2.99. The predicted molar refractivity (Wildman–Crippen MR) is 81.1 cm³/mol. The summed E-state index contributed by atoms with van der Waals surface area (Å²) in [4.78, 5) is 2.52. The molecule has 19 heavy (non-hydrogen) atoms. The zero-order chi connectivity index (χ0) is 13.8. The first-order chi connectivity index (χ1) is 9.08. The molecule has 0 saturated carbocycles. The van der Waals surface area contributed by atoms with E-state index < -0.39 is 0 Å². The number of aromatic nitrogens is 1. The second-order valence-electron chi connectivity index (χ2n) is 6.37. The Bertz CT molecular complexity index is 383. The summed E-state index contributed by atoms with van der Waals surface area (Å²) in [6.45, 7) is 6.73. The number of hydrogen-bond donors (Lipinski definition) is 1. The summed E-state index contributed by atoms with van der Waals surface area (Å²) < 4.78 is 2.31. The highest BCUT2D eigenvalue weighted by molar-refractivity contribution is 5.15. The SMILES string of the molecule is CC(C)C(N)c1ccn(CCC2CCCCN2C)c1. The van der Waals surface area contributed by atoms with E-state index in [9.17, 15) is 0 Å². The molecule has 1 aromatic rings. The molecule has 1 fully saturated rings. The molecule has 0 aliphatic carbocycles. The minimum atomic E-state index is 0.165. The first-order valence-electron chi connectivity index (χ1n) is 7.69. The van der Waals surface area contributed by atoms with Gasteiger partial charge in [0, 0.05) is 31.0 Å². The quantitative estimate of drug-likeness (QED) is 0.886. The molecular formula is C16H29N3. The molecule has 0 radical (unpaired) electrons. The Labute approximate surface area is 117 Å². The van der Waals surface area contributed by atoms with E-state index in [4.69, 9.17) is 5.73 Å². The Kier molecular flexibility index (Phi) is 5.06. The molecule has 0 spiro atoms. The highest BCUT2D eigenvalue weighted by Crippen LogP contribution is 2.21. The third-order valence-electron chi connectivity index (χ3n) is 4.52. The molecule has 2 heterocycles. The second-order valence-corrected chi connectivity index (χ2v) is 6.37. The fraction of sp³-hybridized carbons (Fsp3) is 0.750. The minimum Gasteiger partial charge on any atom is -0.354 e. The lowest BCUT2D eigenvalue weighted by Crippen LogP contribution is -2.36. The molecule has 2 rings (SSSR count). The maximum absolute atomic E-state index is 6.19. The van der Waals surface area contributed by atoms with E-state index in [-0.39, 0.29) is 6.04 Å². The van der Waals surface area contributed by atoms with Crippen LogP contribution in [0.4, 0.5) is 0 Å². The largest absolute Gasteiger partial charge is 0.354 e. The van der Waals surface area contributed by atoms with Crippen molar-refractivity contribution >= 4 is 0 Å². The van der Waals surface area contributed by atoms with Crippen LogP contribution in [0.3, 0.4) is 0 Å². The minimum absolute atomic E-state index is 0.165. The molecule has 108 valence electrons. The Morgan fingerprint density at radius 2 is 2.16 bits per heavy atom. The van der Waals surface area contributed by atoms with Crippen molar-refractivity contribution < 1.29 is 0 Å². The van der Waals surface area contributed by atoms with Gasteiger partial charge >= 0.3 is 0 Å². The fourth-order valence-corrected chi connectivity index (χ4v) is 2.99. The third kappa shape index (κ3) is 3.83.